The van der Waals surface area contributed by atoms with Crippen molar-refractivity contribution >= 4 is 0 Å². The van der Waals surface area contributed by atoms with E-state index in [1.54, 1.807) is 12.4 Å². The highest BCUT2D eigenvalue weighted by atomic mass is 16.5. The molecule has 3 heteroatoms. The molecule has 1 aliphatic rings. The number of hydrogen-bond acceptors (Lipinski definition) is 2. The summed E-state index contributed by atoms with van der Waals surface area (Å²) >= 11 is 0. The zero-order chi connectivity index (χ0) is 8.39. The van der Waals surface area contributed by atoms with Crippen molar-refractivity contribution in [3.8, 4) is 0 Å². The number of ether oxygens (including phenoxy) is 1. The Balaban J connectivity index is 2.08. The zero-order valence-electron chi connectivity index (χ0n) is 7.36. The Labute approximate surface area is 67.4 Å². The fourth-order valence-electron chi connectivity index (χ4n) is 1.39. The molecular weight excluding hydrogens is 140 g/mol. The van der Waals surface area contributed by atoms with E-state index in [1.165, 1.54) is 0 Å². The summed E-state index contributed by atoms with van der Waals surface area (Å²) in [6.45, 7) is 1.63. The molecule has 0 aliphatic carbocycles. The number of hydrogen-bond donors (Lipinski definition) is 0. The smallest absolute Gasteiger partial charge is 0.0656 e. The average Bonchev–Trinajstić information content (AvgIpc) is 2.54. The molecule has 1 fully saturated rings. The quantitative estimate of drug-likeness (QED) is 0.606. The molecule has 0 saturated carbocycles. The zero-order valence-corrected chi connectivity index (χ0v) is 6.36. The molecule has 0 radical (unpaired) electrons. The van der Waals surface area contributed by atoms with Crippen molar-refractivity contribution in [3.05, 3.63) is 18.4 Å². The van der Waals surface area contributed by atoms with Crippen molar-refractivity contribution in [2.75, 3.05) is 13.2 Å². The van der Waals surface area contributed by atoms with Crippen LogP contribution in [0, 0.1) is 0 Å². The van der Waals surface area contributed by atoms with Crippen LogP contribution in [0.15, 0.2) is 18.4 Å². The van der Waals surface area contributed by atoms with Gasteiger partial charge in [-0.05, 0) is 18.9 Å². The maximum atomic E-state index is 7.32. The first-order valence-electron chi connectivity index (χ1n) is 4.45. The van der Waals surface area contributed by atoms with Crippen LogP contribution >= 0.6 is 0 Å². The highest BCUT2D eigenvalue weighted by Crippen LogP contribution is 2.18. The van der Waals surface area contributed by atoms with Crippen LogP contribution in [0.4, 0.5) is 0 Å². The lowest BCUT2D eigenvalue weighted by atomic mass is 10.1. The molecule has 0 bridgehead atoms. The first-order chi connectivity index (χ1) is 5.86. The molecule has 3 nitrogen and oxygen atoms in total. The first kappa shape index (κ1) is 5.77. The minimum Gasteiger partial charge on any atom is -0.381 e. The summed E-state index contributed by atoms with van der Waals surface area (Å²) in [7, 11) is 0. The minimum absolute atomic E-state index is 0.442. The molecule has 0 unspecified atom stereocenters. The topological polar surface area (TPSA) is 27.1 Å². The molecule has 1 saturated heterocycles. The molecule has 2 heterocycles. The van der Waals surface area contributed by atoms with E-state index in [0.717, 1.165) is 26.1 Å². The van der Waals surface area contributed by atoms with Gasteiger partial charge in [-0.1, -0.05) is 0 Å². The normalized spacial score (nSPS) is 21.6. The Morgan fingerprint density at radius 3 is 3.00 bits per heavy atom. The van der Waals surface area contributed by atoms with Crippen LogP contribution in [-0.4, -0.2) is 23.0 Å². The standard InChI is InChI=1S/C8H12N2O/c1-4-9-10(5-1)8-2-6-11-7-3-8/h1,4-5,8H,2-3,6-7H2/i1D. The lowest BCUT2D eigenvalue weighted by Gasteiger charge is -2.22. The maximum Gasteiger partial charge on any atom is 0.0656 e. The van der Waals surface area contributed by atoms with E-state index < -0.39 is 0 Å². The highest BCUT2D eigenvalue weighted by Gasteiger charge is 2.14. The van der Waals surface area contributed by atoms with Crippen molar-refractivity contribution in [2.24, 2.45) is 0 Å². The van der Waals surface area contributed by atoms with Crippen LogP contribution in [0.3, 0.4) is 0 Å². The van der Waals surface area contributed by atoms with Gasteiger partial charge in [0.2, 0.25) is 0 Å². The second kappa shape index (κ2) is 3.05. The van der Waals surface area contributed by atoms with Gasteiger partial charge in [0.05, 0.1) is 7.41 Å². The van der Waals surface area contributed by atoms with Crippen LogP contribution in [0.2, 0.25) is 0 Å². The summed E-state index contributed by atoms with van der Waals surface area (Å²) in [6.07, 6.45) is 5.38. The van der Waals surface area contributed by atoms with Gasteiger partial charge in [-0.2, -0.15) is 5.10 Å². The summed E-state index contributed by atoms with van der Waals surface area (Å²) in [6, 6.07) is 0.930. The number of aromatic nitrogens is 2. The van der Waals surface area contributed by atoms with Gasteiger partial charge in [0.15, 0.2) is 0 Å². The maximum absolute atomic E-state index is 7.32. The van der Waals surface area contributed by atoms with Crippen molar-refractivity contribution < 1.29 is 6.11 Å². The largest absolute Gasteiger partial charge is 0.381 e. The van der Waals surface area contributed by atoms with Gasteiger partial charge in [-0.15, -0.1) is 0 Å². The van der Waals surface area contributed by atoms with E-state index in [-0.39, 0.29) is 0 Å². The fraction of sp³-hybridized carbons (Fsp3) is 0.625. The van der Waals surface area contributed by atoms with Crippen LogP contribution in [0.5, 0.6) is 0 Å². The van der Waals surface area contributed by atoms with Gasteiger partial charge >= 0.3 is 0 Å². The van der Waals surface area contributed by atoms with Gasteiger partial charge in [0, 0.05) is 25.6 Å². The van der Waals surface area contributed by atoms with E-state index >= 15 is 0 Å². The third-order valence-corrected chi connectivity index (χ3v) is 2.04. The summed E-state index contributed by atoms with van der Waals surface area (Å²) in [5.41, 5.74) is 0. The molecule has 1 aromatic heterocycles. The van der Waals surface area contributed by atoms with E-state index in [0.29, 0.717) is 12.1 Å². The van der Waals surface area contributed by atoms with Gasteiger partial charge in [-0.25, -0.2) is 0 Å². The molecule has 1 aromatic rings. The van der Waals surface area contributed by atoms with Crippen molar-refractivity contribution in [3.63, 3.8) is 0 Å². The third kappa shape index (κ3) is 1.43. The SMILES string of the molecule is [2H]c1cnn(C2CCOCC2)c1. The third-order valence-electron chi connectivity index (χ3n) is 2.04. The Hall–Kier alpha value is -0.830. The van der Waals surface area contributed by atoms with Crippen LogP contribution in [0.25, 0.3) is 0 Å². The Morgan fingerprint density at radius 2 is 2.36 bits per heavy atom. The lowest BCUT2D eigenvalue weighted by Crippen LogP contribution is -2.19. The molecule has 0 atom stereocenters. The summed E-state index contributed by atoms with van der Waals surface area (Å²) in [5.74, 6) is 0. The molecule has 0 aromatic carbocycles. The van der Waals surface area contributed by atoms with Gasteiger partial charge in [0.25, 0.3) is 0 Å². The van der Waals surface area contributed by atoms with Crippen LogP contribution in [0.1, 0.15) is 20.3 Å². The number of rotatable bonds is 1. The predicted molar refractivity (Wildman–Crippen MR) is 41.3 cm³/mol. The minimum atomic E-state index is 0.442. The summed E-state index contributed by atoms with van der Waals surface area (Å²) < 4.78 is 14.4. The van der Waals surface area contributed by atoms with Crippen molar-refractivity contribution in [1.29, 1.82) is 0 Å². The fourth-order valence-corrected chi connectivity index (χ4v) is 1.39. The van der Waals surface area contributed by atoms with E-state index in [1.807, 2.05) is 4.68 Å². The van der Waals surface area contributed by atoms with Crippen molar-refractivity contribution in [1.82, 2.24) is 9.78 Å². The second-order valence-corrected chi connectivity index (χ2v) is 2.76. The first-order valence-corrected chi connectivity index (χ1v) is 3.95. The molecule has 60 valence electrons. The van der Waals surface area contributed by atoms with Crippen LogP contribution in [-0.2, 0) is 4.74 Å². The Bertz CT molecular complexity index is 255. The van der Waals surface area contributed by atoms with Gasteiger partial charge in [0.1, 0.15) is 0 Å². The molecule has 1 aliphatic heterocycles. The molecule has 11 heavy (non-hydrogen) atoms. The average molecular weight is 153 g/mol. The van der Waals surface area contributed by atoms with Gasteiger partial charge in [-0.3, -0.25) is 4.68 Å². The Kier molecular flexibility index (Phi) is 1.60. The molecule has 0 amide bonds. The molecule has 0 N–H and O–H groups in total. The predicted octanol–water partition coefficient (Wildman–Crippen LogP) is 1.23. The van der Waals surface area contributed by atoms with Gasteiger partial charge < -0.3 is 4.74 Å². The summed E-state index contributed by atoms with van der Waals surface area (Å²) in [4.78, 5) is 0. The summed E-state index contributed by atoms with van der Waals surface area (Å²) in [5, 5.41) is 4.11. The van der Waals surface area contributed by atoms with E-state index in [2.05, 4.69) is 5.10 Å². The highest BCUT2D eigenvalue weighted by molar-refractivity contribution is 4.82. The molecule has 2 rings (SSSR count). The number of nitrogens with zero attached hydrogens (tertiary/aromatic N) is 2. The van der Waals surface area contributed by atoms with Crippen LogP contribution < -0.4 is 0 Å². The molecular formula is C8H12N2O. The molecule has 0 spiro atoms. The van der Waals surface area contributed by atoms with E-state index in [4.69, 9.17) is 6.11 Å². The van der Waals surface area contributed by atoms with Crippen molar-refractivity contribution in [2.45, 2.75) is 18.9 Å². The Morgan fingerprint density at radius 1 is 1.55 bits per heavy atom. The lowest BCUT2D eigenvalue weighted by molar-refractivity contribution is 0.0662. The monoisotopic (exact) mass is 153 g/mol. The van der Waals surface area contributed by atoms with E-state index in [9.17, 15) is 0 Å². The second-order valence-electron chi connectivity index (χ2n) is 2.76.